The normalized spacial score (nSPS) is 13.7. The first-order chi connectivity index (χ1) is 13.6. The first-order valence-corrected chi connectivity index (χ1v) is 9.52. The molecule has 140 valence electrons. The van der Waals surface area contributed by atoms with Crippen molar-refractivity contribution < 1.29 is 9.31 Å². The molecular formula is C19H14FN5O2S. The van der Waals surface area contributed by atoms with Crippen LogP contribution in [0.4, 0.5) is 15.2 Å². The fraction of sp³-hybridized carbons (Fsp3) is 0.158. The zero-order chi connectivity index (χ0) is 19.3. The van der Waals surface area contributed by atoms with E-state index < -0.39 is 0 Å². The Bertz CT molecular complexity index is 1170. The highest BCUT2D eigenvalue weighted by Gasteiger charge is 2.22. The van der Waals surface area contributed by atoms with Gasteiger partial charge in [0, 0.05) is 30.8 Å². The molecule has 0 amide bonds. The van der Waals surface area contributed by atoms with Crippen molar-refractivity contribution in [1.82, 2.24) is 14.6 Å². The molecule has 0 spiro atoms. The summed E-state index contributed by atoms with van der Waals surface area (Å²) in [6, 6.07) is 11.2. The second-order valence-corrected chi connectivity index (χ2v) is 7.56. The third kappa shape index (κ3) is 2.89. The number of benzene rings is 2. The third-order valence-electron chi connectivity index (χ3n) is 4.86. The van der Waals surface area contributed by atoms with Gasteiger partial charge in [-0.3, -0.25) is 10.1 Å². The number of anilines is 1. The summed E-state index contributed by atoms with van der Waals surface area (Å²) in [5.74, 6) is -0.282. The van der Waals surface area contributed by atoms with E-state index in [9.17, 15) is 14.5 Å². The van der Waals surface area contributed by atoms with Crippen LogP contribution in [0.15, 0.2) is 48.7 Å². The van der Waals surface area contributed by atoms with Gasteiger partial charge in [0.05, 0.1) is 16.8 Å². The van der Waals surface area contributed by atoms with Crippen LogP contribution >= 0.6 is 11.3 Å². The molecule has 3 heterocycles. The quantitative estimate of drug-likeness (QED) is 0.386. The molecule has 0 aliphatic carbocycles. The summed E-state index contributed by atoms with van der Waals surface area (Å²) in [6.07, 6.45) is 2.64. The molecule has 0 unspecified atom stereocenters. The summed E-state index contributed by atoms with van der Waals surface area (Å²) in [4.78, 5) is 18.1. The number of fused-ring (bicyclic) bond motifs is 2. The van der Waals surface area contributed by atoms with Gasteiger partial charge in [0.2, 0.25) is 10.1 Å². The molecule has 0 N–H and O–H groups in total. The second-order valence-electron chi connectivity index (χ2n) is 6.63. The highest BCUT2D eigenvalue weighted by atomic mass is 32.1. The lowest BCUT2D eigenvalue weighted by Crippen LogP contribution is -2.30. The van der Waals surface area contributed by atoms with Gasteiger partial charge in [0.25, 0.3) is 5.69 Å². The number of hydrogen-bond donors (Lipinski definition) is 0. The first-order valence-electron chi connectivity index (χ1n) is 8.70. The highest BCUT2D eigenvalue weighted by molar-refractivity contribution is 7.20. The summed E-state index contributed by atoms with van der Waals surface area (Å²) in [6.45, 7) is 1.38. The van der Waals surface area contributed by atoms with E-state index in [-0.39, 0.29) is 16.4 Å². The summed E-state index contributed by atoms with van der Waals surface area (Å²) < 4.78 is 14.8. The van der Waals surface area contributed by atoms with E-state index in [4.69, 9.17) is 0 Å². The van der Waals surface area contributed by atoms with Gasteiger partial charge in [0.15, 0.2) is 0 Å². The number of nitro groups is 1. The predicted octanol–water partition coefficient (Wildman–Crippen LogP) is 4.07. The molecule has 0 fully saturated rings. The van der Waals surface area contributed by atoms with Gasteiger partial charge in [-0.1, -0.05) is 17.4 Å². The first kappa shape index (κ1) is 16.8. The number of halogens is 1. The van der Waals surface area contributed by atoms with Crippen LogP contribution in [0.2, 0.25) is 0 Å². The average molecular weight is 395 g/mol. The topological polar surface area (TPSA) is 76.6 Å². The lowest BCUT2D eigenvalue weighted by molar-refractivity contribution is -0.384. The molecule has 28 heavy (non-hydrogen) atoms. The third-order valence-corrected chi connectivity index (χ3v) is 5.84. The minimum Gasteiger partial charge on any atom is -0.342 e. The molecule has 1 aliphatic heterocycles. The van der Waals surface area contributed by atoms with E-state index >= 15 is 0 Å². The molecule has 1 aliphatic rings. The minimum absolute atomic E-state index is 0.110. The van der Waals surface area contributed by atoms with Crippen molar-refractivity contribution >= 4 is 27.1 Å². The van der Waals surface area contributed by atoms with Gasteiger partial charge in [-0.2, -0.15) is 0 Å². The van der Waals surface area contributed by atoms with Crippen molar-refractivity contribution in [2.24, 2.45) is 0 Å². The van der Waals surface area contributed by atoms with Crippen LogP contribution in [0.25, 0.3) is 16.2 Å². The van der Waals surface area contributed by atoms with Gasteiger partial charge < -0.3 is 4.90 Å². The van der Waals surface area contributed by atoms with Crippen LogP contribution in [0.1, 0.15) is 11.1 Å². The van der Waals surface area contributed by atoms with Crippen molar-refractivity contribution in [3.05, 3.63) is 75.7 Å². The monoisotopic (exact) mass is 395 g/mol. The SMILES string of the molecule is O=[N+]([O-])c1ccc2c(c1)CN(c1nn3cc(-c4ccc(F)cc4)nc3s1)CC2. The van der Waals surface area contributed by atoms with Crippen molar-refractivity contribution in [2.45, 2.75) is 13.0 Å². The summed E-state index contributed by atoms with van der Waals surface area (Å²) in [5.41, 5.74) is 3.78. The molecule has 2 aromatic heterocycles. The zero-order valence-corrected chi connectivity index (χ0v) is 15.4. The molecular weight excluding hydrogens is 381 g/mol. The standard InChI is InChI=1S/C19H14FN5O2S/c20-15-4-1-13(2-5-15)17-11-24-18(21-17)28-19(22-24)23-8-7-12-3-6-16(25(26)27)9-14(12)10-23/h1-6,9,11H,7-8,10H2. The average Bonchev–Trinajstić information content (AvgIpc) is 3.27. The van der Waals surface area contributed by atoms with Crippen molar-refractivity contribution in [2.75, 3.05) is 11.4 Å². The molecule has 4 aromatic rings. The summed E-state index contributed by atoms with van der Waals surface area (Å²) in [7, 11) is 0. The fourth-order valence-electron chi connectivity index (χ4n) is 3.40. The fourth-order valence-corrected chi connectivity index (χ4v) is 4.31. The van der Waals surface area contributed by atoms with E-state index in [0.29, 0.717) is 6.54 Å². The molecule has 7 nitrogen and oxygen atoms in total. The van der Waals surface area contributed by atoms with E-state index in [2.05, 4.69) is 15.0 Å². The van der Waals surface area contributed by atoms with Crippen LogP contribution in [-0.2, 0) is 13.0 Å². The lowest BCUT2D eigenvalue weighted by Gasteiger charge is -2.27. The minimum atomic E-state index is -0.367. The smallest absolute Gasteiger partial charge is 0.269 e. The van der Waals surface area contributed by atoms with Crippen molar-refractivity contribution in [3.63, 3.8) is 0 Å². The van der Waals surface area contributed by atoms with Gasteiger partial charge in [-0.15, -0.1) is 5.10 Å². The molecule has 2 aromatic carbocycles. The number of nitro benzene ring substituents is 1. The van der Waals surface area contributed by atoms with Gasteiger partial charge >= 0.3 is 0 Å². The number of imidazole rings is 1. The Morgan fingerprint density at radius 1 is 1.14 bits per heavy atom. The molecule has 5 rings (SSSR count). The van der Waals surface area contributed by atoms with Crippen LogP contribution in [0, 0.1) is 15.9 Å². The van der Waals surface area contributed by atoms with Crippen LogP contribution < -0.4 is 4.90 Å². The van der Waals surface area contributed by atoms with Gasteiger partial charge in [-0.25, -0.2) is 13.9 Å². The Labute approximate surface area is 162 Å². The Kier molecular flexibility index (Phi) is 3.83. The maximum atomic E-state index is 13.1. The number of nitrogens with zero attached hydrogens (tertiary/aromatic N) is 5. The molecule has 0 bridgehead atoms. The van der Waals surface area contributed by atoms with Crippen LogP contribution in [0.5, 0.6) is 0 Å². The van der Waals surface area contributed by atoms with Gasteiger partial charge in [-0.05, 0) is 41.8 Å². The molecule has 0 saturated carbocycles. The van der Waals surface area contributed by atoms with E-state index in [1.54, 1.807) is 28.8 Å². The van der Waals surface area contributed by atoms with Gasteiger partial charge in [0.1, 0.15) is 5.82 Å². The molecule has 0 atom stereocenters. The molecule has 0 saturated heterocycles. The number of aromatic nitrogens is 3. The summed E-state index contributed by atoms with van der Waals surface area (Å²) in [5, 5.41) is 16.5. The zero-order valence-electron chi connectivity index (χ0n) is 14.6. The van der Waals surface area contributed by atoms with E-state index in [0.717, 1.165) is 45.4 Å². The number of rotatable bonds is 3. The maximum Gasteiger partial charge on any atom is 0.269 e. The Hall–Kier alpha value is -3.33. The van der Waals surface area contributed by atoms with Crippen LogP contribution in [0.3, 0.4) is 0 Å². The number of hydrogen-bond acceptors (Lipinski definition) is 6. The largest absolute Gasteiger partial charge is 0.342 e. The van der Waals surface area contributed by atoms with Crippen LogP contribution in [-0.4, -0.2) is 26.1 Å². The number of non-ortho nitro benzene ring substituents is 1. The maximum absolute atomic E-state index is 13.1. The summed E-state index contributed by atoms with van der Waals surface area (Å²) >= 11 is 1.47. The molecule has 0 radical (unpaired) electrons. The van der Waals surface area contributed by atoms with E-state index in [1.807, 2.05) is 12.3 Å². The second kappa shape index (κ2) is 6.38. The lowest BCUT2D eigenvalue weighted by atomic mass is 9.99. The van der Waals surface area contributed by atoms with Crippen molar-refractivity contribution in [3.8, 4) is 11.3 Å². The Balaban J connectivity index is 1.42. The Morgan fingerprint density at radius 3 is 2.71 bits per heavy atom. The highest BCUT2D eigenvalue weighted by Crippen LogP contribution is 2.31. The predicted molar refractivity (Wildman–Crippen MR) is 104 cm³/mol. The molecule has 9 heteroatoms. The Morgan fingerprint density at radius 2 is 1.96 bits per heavy atom. The van der Waals surface area contributed by atoms with Crippen molar-refractivity contribution in [1.29, 1.82) is 0 Å². The van der Waals surface area contributed by atoms with E-state index in [1.165, 1.54) is 23.5 Å².